The van der Waals surface area contributed by atoms with Crippen LogP contribution in [0.25, 0.3) is 16.6 Å². The normalized spacial score (nSPS) is 16.1. The molecule has 3 heterocycles. The molecule has 0 bridgehead atoms. The van der Waals surface area contributed by atoms with Crippen molar-refractivity contribution >= 4 is 63.8 Å². The molecule has 0 unspecified atom stereocenters. The topological polar surface area (TPSA) is 67.2 Å². The van der Waals surface area contributed by atoms with E-state index in [0.717, 1.165) is 22.1 Å². The predicted molar refractivity (Wildman–Crippen MR) is 119 cm³/mol. The van der Waals surface area contributed by atoms with Crippen LogP contribution in [0.4, 0.5) is 18.9 Å². The van der Waals surface area contributed by atoms with E-state index in [0.29, 0.717) is 20.5 Å². The molecule has 1 aliphatic rings. The minimum atomic E-state index is -4.56. The number of nitrogens with zero attached hydrogens (tertiary/aromatic N) is 3. The number of alkyl halides is 3. The van der Waals surface area contributed by atoms with Crippen molar-refractivity contribution in [3.05, 3.63) is 63.6 Å². The van der Waals surface area contributed by atoms with Gasteiger partial charge in [0.05, 0.1) is 16.3 Å². The van der Waals surface area contributed by atoms with Crippen molar-refractivity contribution in [2.24, 2.45) is 7.05 Å². The summed E-state index contributed by atoms with van der Waals surface area (Å²) in [7, 11) is 1.41. The van der Waals surface area contributed by atoms with Gasteiger partial charge < -0.3 is 0 Å². The van der Waals surface area contributed by atoms with Crippen LogP contribution in [0, 0.1) is 0 Å². The smallest absolute Gasteiger partial charge is 0.298 e. The highest BCUT2D eigenvalue weighted by atomic mass is 35.5. The highest BCUT2D eigenvalue weighted by Crippen LogP contribution is 2.35. The van der Waals surface area contributed by atoms with Crippen LogP contribution in [0.3, 0.4) is 0 Å². The minimum Gasteiger partial charge on any atom is -0.298 e. The molecule has 164 valence electrons. The Bertz CT molecular complexity index is 1280. The minimum absolute atomic E-state index is 0.0686. The fourth-order valence-corrected chi connectivity index (χ4v) is 4.43. The lowest BCUT2D eigenvalue weighted by Crippen LogP contribution is -2.54. The predicted octanol–water partition coefficient (Wildman–Crippen LogP) is 4.65. The van der Waals surface area contributed by atoms with E-state index in [9.17, 15) is 22.8 Å². The van der Waals surface area contributed by atoms with Crippen molar-refractivity contribution in [3.63, 3.8) is 0 Å². The van der Waals surface area contributed by atoms with Crippen LogP contribution in [0.2, 0.25) is 5.02 Å². The van der Waals surface area contributed by atoms with Crippen molar-refractivity contribution in [3.8, 4) is 10.6 Å². The van der Waals surface area contributed by atoms with Crippen LogP contribution >= 0.6 is 35.2 Å². The van der Waals surface area contributed by atoms with E-state index < -0.39 is 23.7 Å². The van der Waals surface area contributed by atoms with Crippen LogP contribution in [0.1, 0.15) is 10.6 Å². The summed E-state index contributed by atoms with van der Waals surface area (Å²) >= 11 is 12.1. The average molecular weight is 497 g/mol. The molecule has 0 radical (unpaired) electrons. The van der Waals surface area contributed by atoms with Gasteiger partial charge in [0.2, 0.25) is 0 Å². The summed E-state index contributed by atoms with van der Waals surface area (Å²) in [5.74, 6) is -1.30. The van der Waals surface area contributed by atoms with Gasteiger partial charge in [-0.15, -0.1) is 11.3 Å². The third-order valence-corrected chi connectivity index (χ3v) is 6.11. The van der Waals surface area contributed by atoms with Crippen molar-refractivity contribution in [2.45, 2.75) is 6.18 Å². The molecule has 1 aromatic carbocycles. The number of aryl methyl sites for hydroxylation is 1. The van der Waals surface area contributed by atoms with Gasteiger partial charge in [-0.1, -0.05) is 11.6 Å². The summed E-state index contributed by atoms with van der Waals surface area (Å²) in [6.45, 7) is 0. The van der Waals surface area contributed by atoms with Gasteiger partial charge in [0.15, 0.2) is 10.8 Å². The Balaban J connectivity index is 1.66. The summed E-state index contributed by atoms with van der Waals surface area (Å²) in [4.78, 5) is 27.6. The van der Waals surface area contributed by atoms with Crippen molar-refractivity contribution in [1.29, 1.82) is 0 Å². The van der Waals surface area contributed by atoms with Crippen molar-refractivity contribution < 1.29 is 22.8 Å². The number of carbonyl (C=O) groups is 2. The van der Waals surface area contributed by atoms with Crippen LogP contribution in [0.15, 0.2) is 48.0 Å². The number of thiocarbonyl (C=S) groups is 1. The molecule has 0 aliphatic carbocycles. The Morgan fingerprint density at radius 3 is 2.47 bits per heavy atom. The summed E-state index contributed by atoms with van der Waals surface area (Å²) in [5.41, 5.74) is -0.479. The first-order valence-corrected chi connectivity index (χ1v) is 10.5. The third-order valence-electron chi connectivity index (χ3n) is 4.52. The Kier molecular flexibility index (Phi) is 5.65. The first kappa shape index (κ1) is 22.2. The molecule has 6 nitrogen and oxygen atoms in total. The third kappa shape index (κ3) is 4.18. The fraction of sp³-hybridized carbons (Fsp3) is 0.100. The van der Waals surface area contributed by atoms with Crippen molar-refractivity contribution in [2.75, 3.05) is 4.90 Å². The summed E-state index contributed by atoms with van der Waals surface area (Å²) in [6, 6.07) is 10.5. The second kappa shape index (κ2) is 8.15. The Labute approximate surface area is 193 Å². The highest BCUT2D eigenvalue weighted by Gasteiger charge is 2.36. The second-order valence-corrected chi connectivity index (χ2v) is 8.61. The van der Waals surface area contributed by atoms with Crippen LogP contribution < -0.4 is 10.2 Å². The zero-order valence-corrected chi connectivity index (χ0v) is 18.5. The zero-order chi connectivity index (χ0) is 23.2. The summed E-state index contributed by atoms with van der Waals surface area (Å²) in [6.07, 6.45) is -3.19. The Morgan fingerprint density at radius 2 is 1.84 bits per heavy atom. The quantitative estimate of drug-likeness (QED) is 0.325. The lowest BCUT2D eigenvalue weighted by molar-refractivity contribution is -0.141. The largest absolute Gasteiger partial charge is 0.435 e. The lowest BCUT2D eigenvalue weighted by Gasteiger charge is -2.28. The average Bonchev–Trinajstić information content (AvgIpc) is 3.32. The summed E-state index contributed by atoms with van der Waals surface area (Å²) in [5, 5.41) is 6.37. The fourth-order valence-electron chi connectivity index (χ4n) is 3.03. The Morgan fingerprint density at radius 1 is 1.16 bits per heavy atom. The molecule has 1 N–H and O–H groups in total. The molecule has 1 saturated heterocycles. The number of hydrogen-bond donors (Lipinski definition) is 1. The van der Waals surface area contributed by atoms with Crippen LogP contribution in [-0.4, -0.2) is 26.7 Å². The first-order chi connectivity index (χ1) is 15.0. The molecular formula is C20H12ClF3N4O2S2. The number of amides is 2. The number of anilines is 1. The van der Waals surface area contributed by atoms with Gasteiger partial charge in [0.25, 0.3) is 11.8 Å². The van der Waals surface area contributed by atoms with Gasteiger partial charge in [-0.2, -0.15) is 18.3 Å². The number of halogens is 4. The van der Waals surface area contributed by atoms with E-state index in [1.807, 2.05) is 0 Å². The standard InChI is InChI=1S/C20H12ClF3N4O2S2/c1-27-14(9-16(26-27)20(22,23)24)15-7-6-12(32-15)8-13-17(29)25-19(31)28(18(13)30)11-4-2-10(21)3-5-11/h2-9H,1H3,(H,25,29,31)/b13-8+. The molecule has 1 fully saturated rings. The molecule has 4 rings (SSSR count). The number of carbonyl (C=O) groups excluding carboxylic acids is 2. The van der Waals surface area contributed by atoms with E-state index in [4.69, 9.17) is 23.8 Å². The Hall–Kier alpha value is -3.02. The highest BCUT2D eigenvalue weighted by molar-refractivity contribution is 7.80. The van der Waals surface area contributed by atoms with Gasteiger partial charge >= 0.3 is 6.18 Å². The number of rotatable bonds is 3. The molecule has 12 heteroatoms. The second-order valence-electron chi connectivity index (χ2n) is 6.67. The van der Waals surface area contributed by atoms with Gasteiger partial charge in [0, 0.05) is 16.9 Å². The maximum atomic E-state index is 13.0. The van der Waals surface area contributed by atoms with Crippen LogP contribution in [-0.2, 0) is 22.8 Å². The lowest BCUT2D eigenvalue weighted by atomic mass is 10.1. The maximum Gasteiger partial charge on any atom is 0.435 e. The zero-order valence-electron chi connectivity index (χ0n) is 16.1. The van der Waals surface area contributed by atoms with E-state index >= 15 is 0 Å². The number of hydrogen-bond acceptors (Lipinski definition) is 5. The van der Waals surface area contributed by atoms with Gasteiger partial charge in [-0.05, 0) is 60.8 Å². The van der Waals surface area contributed by atoms with E-state index in [2.05, 4.69) is 10.4 Å². The molecule has 0 saturated carbocycles. The number of aromatic nitrogens is 2. The summed E-state index contributed by atoms with van der Waals surface area (Å²) < 4.78 is 40.0. The molecule has 3 aromatic rings. The van der Waals surface area contributed by atoms with Gasteiger partial charge in [-0.25, -0.2) is 0 Å². The number of benzene rings is 1. The monoisotopic (exact) mass is 496 g/mol. The molecule has 2 amide bonds. The molecule has 32 heavy (non-hydrogen) atoms. The maximum absolute atomic E-state index is 13.0. The van der Waals surface area contributed by atoms with E-state index in [1.54, 1.807) is 36.4 Å². The SMILES string of the molecule is Cn1nc(C(F)(F)F)cc1-c1ccc(/C=C2\C(=O)NC(=S)N(c3ccc(Cl)cc3)C2=O)s1. The molecule has 0 atom stereocenters. The number of thiophene rings is 1. The van der Waals surface area contributed by atoms with Crippen LogP contribution in [0.5, 0.6) is 0 Å². The van der Waals surface area contributed by atoms with E-state index in [1.165, 1.54) is 18.0 Å². The first-order valence-electron chi connectivity index (χ1n) is 8.93. The molecule has 1 aliphatic heterocycles. The van der Waals surface area contributed by atoms with Crippen molar-refractivity contribution in [1.82, 2.24) is 15.1 Å². The molecular weight excluding hydrogens is 485 g/mol. The molecule has 2 aromatic heterocycles. The van der Waals surface area contributed by atoms with Gasteiger partial charge in [-0.3, -0.25) is 24.5 Å². The van der Waals surface area contributed by atoms with Gasteiger partial charge in [0.1, 0.15) is 5.57 Å². The number of nitrogens with one attached hydrogen (secondary N) is 1. The molecule has 0 spiro atoms. The van der Waals surface area contributed by atoms with E-state index in [-0.39, 0.29) is 16.4 Å².